The molecule has 1 saturated heterocycles. The van der Waals surface area contributed by atoms with Crippen molar-refractivity contribution < 1.29 is 18.4 Å². The van der Waals surface area contributed by atoms with Crippen molar-refractivity contribution >= 4 is 34.3 Å². The van der Waals surface area contributed by atoms with Crippen molar-refractivity contribution in [3.8, 4) is 10.6 Å². The van der Waals surface area contributed by atoms with E-state index >= 15 is 4.39 Å². The highest BCUT2D eigenvalue weighted by molar-refractivity contribution is 7.13. The van der Waals surface area contributed by atoms with E-state index in [1.165, 1.54) is 11.3 Å². The summed E-state index contributed by atoms with van der Waals surface area (Å²) in [6.45, 7) is 4.86. The number of carbonyl (C=O) groups excluding carboxylic acids is 1. The number of ether oxygens (including phenoxy) is 1. The molecular weight excluding hydrogens is 345 g/mol. The molecule has 25 heavy (non-hydrogen) atoms. The lowest BCUT2D eigenvalue weighted by atomic mass is 10.1. The Bertz CT molecular complexity index is 915. The molecule has 130 valence electrons. The Morgan fingerprint density at radius 2 is 2.12 bits per heavy atom. The van der Waals surface area contributed by atoms with Crippen LogP contribution >= 0.6 is 11.3 Å². The maximum atomic E-state index is 15.2. The molecule has 0 aliphatic carbocycles. The van der Waals surface area contributed by atoms with Crippen LogP contribution in [0.3, 0.4) is 0 Å². The van der Waals surface area contributed by atoms with Gasteiger partial charge in [-0.25, -0.2) is 4.39 Å². The number of carbonyl (C=O) groups is 1. The van der Waals surface area contributed by atoms with Gasteiger partial charge in [-0.05, 0) is 19.9 Å². The van der Waals surface area contributed by atoms with E-state index in [0.29, 0.717) is 30.5 Å². The SMILES string of the molecule is CC1CN(c2c(C=O)cc3c(-c4cncs4)noc3c2F)CC(C)O1. The highest BCUT2D eigenvalue weighted by Gasteiger charge is 2.29. The molecule has 0 spiro atoms. The highest BCUT2D eigenvalue weighted by Crippen LogP contribution is 2.37. The van der Waals surface area contributed by atoms with Gasteiger partial charge in [-0.2, -0.15) is 0 Å². The summed E-state index contributed by atoms with van der Waals surface area (Å²) in [4.78, 5) is 18.3. The van der Waals surface area contributed by atoms with Crippen LogP contribution in [0.1, 0.15) is 24.2 Å². The normalized spacial score (nSPS) is 21.0. The third kappa shape index (κ3) is 2.71. The first-order chi connectivity index (χ1) is 12.1. The minimum atomic E-state index is -0.566. The van der Waals surface area contributed by atoms with Crippen LogP contribution in [0, 0.1) is 5.82 Å². The van der Waals surface area contributed by atoms with E-state index in [9.17, 15) is 4.79 Å². The van der Waals surface area contributed by atoms with Gasteiger partial charge in [0.25, 0.3) is 0 Å². The van der Waals surface area contributed by atoms with Gasteiger partial charge in [0.1, 0.15) is 5.69 Å². The molecule has 2 unspecified atom stereocenters. The molecule has 1 aromatic carbocycles. The molecule has 3 aromatic rings. The van der Waals surface area contributed by atoms with E-state index in [2.05, 4.69) is 10.1 Å². The largest absolute Gasteiger partial charge is 0.372 e. The van der Waals surface area contributed by atoms with E-state index < -0.39 is 5.82 Å². The molecule has 8 heteroatoms. The summed E-state index contributed by atoms with van der Waals surface area (Å²) in [7, 11) is 0. The second-order valence-corrected chi connectivity index (χ2v) is 7.07. The lowest BCUT2D eigenvalue weighted by Gasteiger charge is -2.37. The van der Waals surface area contributed by atoms with Crippen molar-refractivity contribution in [1.29, 1.82) is 0 Å². The number of morpholine rings is 1. The second kappa shape index (κ2) is 6.20. The zero-order valence-corrected chi connectivity index (χ0v) is 14.5. The number of hydrogen-bond donors (Lipinski definition) is 0. The van der Waals surface area contributed by atoms with Gasteiger partial charge in [0.05, 0.1) is 33.7 Å². The van der Waals surface area contributed by atoms with Gasteiger partial charge < -0.3 is 14.2 Å². The smallest absolute Gasteiger partial charge is 0.205 e. The quantitative estimate of drug-likeness (QED) is 0.665. The van der Waals surface area contributed by atoms with E-state index in [1.54, 1.807) is 17.8 Å². The summed E-state index contributed by atoms with van der Waals surface area (Å²) >= 11 is 1.38. The van der Waals surface area contributed by atoms with Crippen LogP contribution in [-0.2, 0) is 4.74 Å². The Labute approximate surface area is 147 Å². The fraction of sp³-hybridized carbons (Fsp3) is 0.353. The molecule has 0 saturated carbocycles. The van der Waals surface area contributed by atoms with Gasteiger partial charge in [-0.15, -0.1) is 11.3 Å². The number of hydrogen-bond acceptors (Lipinski definition) is 7. The molecule has 3 heterocycles. The summed E-state index contributed by atoms with van der Waals surface area (Å²) < 4.78 is 26.2. The zero-order valence-electron chi connectivity index (χ0n) is 13.7. The van der Waals surface area contributed by atoms with E-state index in [1.807, 2.05) is 18.7 Å². The third-order valence-electron chi connectivity index (χ3n) is 4.24. The first-order valence-corrected chi connectivity index (χ1v) is 8.82. The number of benzene rings is 1. The van der Waals surface area contributed by atoms with Crippen molar-refractivity contribution in [3.63, 3.8) is 0 Å². The summed E-state index contributed by atoms with van der Waals surface area (Å²) in [6, 6.07) is 1.64. The van der Waals surface area contributed by atoms with Crippen LogP contribution in [0.4, 0.5) is 10.1 Å². The molecule has 6 nitrogen and oxygen atoms in total. The number of thiazole rings is 1. The van der Waals surface area contributed by atoms with Gasteiger partial charge in [0.2, 0.25) is 5.58 Å². The lowest BCUT2D eigenvalue weighted by Crippen LogP contribution is -2.46. The number of aromatic nitrogens is 2. The third-order valence-corrected chi connectivity index (χ3v) is 5.02. The van der Waals surface area contributed by atoms with Crippen molar-refractivity contribution in [2.45, 2.75) is 26.1 Å². The van der Waals surface area contributed by atoms with Crippen LogP contribution in [0.2, 0.25) is 0 Å². The number of rotatable bonds is 3. The van der Waals surface area contributed by atoms with Crippen LogP contribution in [0.25, 0.3) is 21.5 Å². The number of aldehydes is 1. The molecule has 0 bridgehead atoms. The standard InChI is InChI=1S/C17H16FN3O3S/c1-9-5-21(6-10(2)23-9)16-11(7-22)3-12-15(13-4-19-8-25-13)20-24-17(12)14(16)18/h3-4,7-10H,5-6H2,1-2H3. The Kier molecular flexibility index (Phi) is 4.01. The number of fused-ring (bicyclic) bond motifs is 1. The molecule has 0 radical (unpaired) electrons. The second-order valence-electron chi connectivity index (χ2n) is 6.18. The minimum absolute atomic E-state index is 0.0517. The minimum Gasteiger partial charge on any atom is -0.372 e. The predicted molar refractivity (Wildman–Crippen MR) is 92.7 cm³/mol. The molecule has 1 fully saturated rings. The molecular formula is C17H16FN3O3S. The highest BCUT2D eigenvalue weighted by atomic mass is 32.1. The topological polar surface area (TPSA) is 68.5 Å². The van der Waals surface area contributed by atoms with Gasteiger partial charge in [-0.3, -0.25) is 9.78 Å². The Balaban J connectivity index is 1.88. The van der Waals surface area contributed by atoms with Crippen LogP contribution < -0.4 is 4.90 Å². The summed E-state index contributed by atoms with van der Waals surface area (Å²) in [5.74, 6) is -0.566. The maximum absolute atomic E-state index is 15.2. The molecule has 4 rings (SSSR count). The Morgan fingerprint density at radius 1 is 1.36 bits per heavy atom. The summed E-state index contributed by atoms with van der Waals surface area (Å²) in [6.07, 6.45) is 2.20. The van der Waals surface area contributed by atoms with E-state index in [4.69, 9.17) is 9.26 Å². The molecule has 1 aliphatic heterocycles. The van der Waals surface area contributed by atoms with E-state index in [-0.39, 0.29) is 29.0 Å². The van der Waals surface area contributed by atoms with Crippen molar-refractivity contribution in [2.24, 2.45) is 0 Å². The van der Waals surface area contributed by atoms with Crippen LogP contribution in [-0.4, -0.2) is 41.7 Å². The van der Waals surface area contributed by atoms with Crippen molar-refractivity contribution in [2.75, 3.05) is 18.0 Å². The summed E-state index contributed by atoms with van der Waals surface area (Å²) in [5.41, 5.74) is 2.74. The number of anilines is 1. The predicted octanol–water partition coefficient (Wildman–Crippen LogP) is 3.52. The Morgan fingerprint density at radius 3 is 2.76 bits per heavy atom. The molecule has 0 N–H and O–H groups in total. The van der Waals surface area contributed by atoms with Gasteiger partial charge >= 0.3 is 0 Å². The Hall–Kier alpha value is -2.32. The first kappa shape index (κ1) is 16.2. The molecule has 1 aliphatic rings. The van der Waals surface area contributed by atoms with Crippen molar-refractivity contribution in [1.82, 2.24) is 10.1 Å². The molecule has 2 atom stereocenters. The van der Waals surface area contributed by atoms with E-state index in [0.717, 1.165) is 4.88 Å². The van der Waals surface area contributed by atoms with Crippen LogP contribution in [0.15, 0.2) is 22.3 Å². The monoisotopic (exact) mass is 361 g/mol. The summed E-state index contributed by atoms with van der Waals surface area (Å²) in [5, 5.41) is 4.46. The number of nitrogens with zero attached hydrogens (tertiary/aromatic N) is 3. The fourth-order valence-corrected chi connectivity index (χ4v) is 3.95. The molecule has 2 aromatic heterocycles. The fourth-order valence-electron chi connectivity index (χ4n) is 3.33. The average molecular weight is 361 g/mol. The average Bonchev–Trinajstić information content (AvgIpc) is 3.22. The number of halogens is 1. The first-order valence-electron chi connectivity index (χ1n) is 7.94. The zero-order chi connectivity index (χ0) is 17.6. The van der Waals surface area contributed by atoms with Gasteiger partial charge in [0.15, 0.2) is 12.1 Å². The van der Waals surface area contributed by atoms with Crippen molar-refractivity contribution in [3.05, 3.63) is 29.2 Å². The van der Waals surface area contributed by atoms with Gasteiger partial charge in [-0.1, -0.05) is 5.16 Å². The van der Waals surface area contributed by atoms with Gasteiger partial charge in [0, 0.05) is 24.8 Å². The molecule has 0 amide bonds. The maximum Gasteiger partial charge on any atom is 0.205 e. The lowest BCUT2D eigenvalue weighted by molar-refractivity contribution is -0.00543. The van der Waals surface area contributed by atoms with Crippen LogP contribution in [0.5, 0.6) is 0 Å².